The molecule has 0 amide bonds. The summed E-state index contributed by atoms with van der Waals surface area (Å²) in [6, 6.07) is 55.2. The van der Waals surface area contributed by atoms with Gasteiger partial charge in [-0.15, -0.1) is 0 Å². The number of hydrogen-bond acceptors (Lipinski definition) is 4. The van der Waals surface area contributed by atoms with Crippen LogP contribution in [0.5, 0.6) is 5.75 Å². The summed E-state index contributed by atoms with van der Waals surface area (Å²) in [5.74, 6) is 2.55. The quantitative estimate of drug-likeness (QED) is 0.199. The van der Waals surface area contributed by atoms with Gasteiger partial charge in [0, 0.05) is 16.7 Å². The van der Waals surface area contributed by atoms with Crippen LogP contribution in [0.15, 0.2) is 192 Å². The van der Waals surface area contributed by atoms with Crippen molar-refractivity contribution in [3.05, 3.63) is 198 Å². The van der Waals surface area contributed by atoms with Gasteiger partial charge in [0.05, 0.1) is 5.92 Å². The van der Waals surface area contributed by atoms with Gasteiger partial charge in [-0.2, -0.15) is 0 Å². The molecule has 2 heterocycles. The van der Waals surface area contributed by atoms with Crippen molar-refractivity contribution in [1.82, 2.24) is 5.32 Å². The summed E-state index contributed by atoms with van der Waals surface area (Å²) < 4.78 is 6.59. The lowest BCUT2D eigenvalue weighted by molar-refractivity contribution is 0.267. The van der Waals surface area contributed by atoms with Crippen molar-refractivity contribution >= 4 is 11.7 Å². The molecule has 3 atom stereocenters. The molecule has 6 aromatic rings. The van der Waals surface area contributed by atoms with E-state index in [1.807, 2.05) is 18.2 Å². The van der Waals surface area contributed by atoms with Crippen molar-refractivity contribution in [3.8, 4) is 39.1 Å². The zero-order valence-electron chi connectivity index (χ0n) is 26.8. The summed E-state index contributed by atoms with van der Waals surface area (Å²) >= 11 is 0. The molecule has 0 radical (unpaired) electrons. The maximum absolute atomic E-state index is 6.59. The van der Waals surface area contributed by atoms with Gasteiger partial charge in [-0.25, -0.2) is 9.98 Å². The van der Waals surface area contributed by atoms with E-state index in [-0.39, 0.29) is 12.0 Å². The van der Waals surface area contributed by atoms with Crippen molar-refractivity contribution in [2.24, 2.45) is 9.98 Å². The Balaban J connectivity index is 1.08. The standard InChI is InChI=1S/C45H33N3O/c1-4-11-30(12-5-1)33-19-23-35(24-20-33)43-46-44(36-25-21-34(22-26-36)31-13-6-2-7-14-31)48-45(47-43)39-17-10-18-40-42(39)38-28-27-37(29-41(38)49-40)32-15-8-3-9-16-32/h1-29,40,42-43H,(H,46,47,48). The van der Waals surface area contributed by atoms with E-state index in [0.29, 0.717) is 0 Å². The van der Waals surface area contributed by atoms with Gasteiger partial charge in [0.1, 0.15) is 23.5 Å². The zero-order chi connectivity index (χ0) is 32.6. The molecule has 0 saturated heterocycles. The van der Waals surface area contributed by atoms with Gasteiger partial charge in [-0.05, 0) is 51.1 Å². The molecule has 234 valence electrons. The first-order chi connectivity index (χ1) is 24.3. The summed E-state index contributed by atoms with van der Waals surface area (Å²) in [6.45, 7) is 0. The maximum Gasteiger partial charge on any atom is 0.169 e. The highest BCUT2D eigenvalue weighted by atomic mass is 16.5. The van der Waals surface area contributed by atoms with Gasteiger partial charge in [0.15, 0.2) is 6.17 Å². The number of hydrogen-bond donors (Lipinski definition) is 1. The number of fused-ring (bicyclic) bond motifs is 3. The molecule has 0 spiro atoms. The van der Waals surface area contributed by atoms with Crippen LogP contribution in [0, 0.1) is 0 Å². The molecule has 6 aromatic carbocycles. The van der Waals surface area contributed by atoms with Crippen LogP contribution in [0.3, 0.4) is 0 Å². The molecule has 4 nitrogen and oxygen atoms in total. The van der Waals surface area contributed by atoms with E-state index in [9.17, 15) is 0 Å². The topological polar surface area (TPSA) is 46.0 Å². The third kappa shape index (κ3) is 5.57. The molecule has 0 bridgehead atoms. The van der Waals surface area contributed by atoms with Crippen LogP contribution in [0.25, 0.3) is 33.4 Å². The summed E-state index contributed by atoms with van der Waals surface area (Å²) in [5, 5.41) is 3.66. The maximum atomic E-state index is 6.59. The predicted octanol–water partition coefficient (Wildman–Crippen LogP) is 10.2. The van der Waals surface area contributed by atoms with Crippen LogP contribution in [0.4, 0.5) is 0 Å². The number of rotatable bonds is 6. The number of aliphatic imine (C=N–C) groups is 2. The fourth-order valence-corrected chi connectivity index (χ4v) is 7.01. The van der Waals surface area contributed by atoms with Gasteiger partial charge in [-0.1, -0.05) is 164 Å². The number of amidine groups is 2. The molecule has 4 heteroatoms. The van der Waals surface area contributed by atoms with Gasteiger partial charge in [0.2, 0.25) is 0 Å². The second-order valence-corrected chi connectivity index (χ2v) is 12.6. The Labute approximate surface area is 286 Å². The second kappa shape index (κ2) is 12.4. The summed E-state index contributed by atoms with van der Waals surface area (Å²) in [7, 11) is 0. The molecule has 0 fully saturated rings. The molecule has 0 saturated carbocycles. The molecule has 1 N–H and O–H groups in total. The van der Waals surface area contributed by atoms with Crippen LogP contribution in [-0.2, 0) is 0 Å². The van der Waals surface area contributed by atoms with E-state index < -0.39 is 6.17 Å². The van der Waals surface area contributed by atoms with Crippen molar-refractivity contribution in [2.45, 2.75) is 18.2 Å². The van der Waals surface area contributed by atoms with Gasteiger partial charge < -0.3 is 10.1 Å². The first-order valence-corrected chi connectivity index (χ1v) is 16.8. The molecule has 9 rings (SSSR count). The molecule has 3 unspecified atom stereocenters. The van der Waals surface area contributed by atoms with Crippen molar-refractivity contribution < 1.29 is 4.74 Å². The zero-order valence-corrected chi connectivity index (χ0v) is 26.8. The van der Waals surface area contributed by atoms with Crippen LogP contribution in [-0.4, -0.2) is 17.8 Å². The fraction of sp³-hybridized carbons (Fsp3) is 0.0667. The molecule has 3 aliphatic rings. The Morgan fingerprint density at radius 1 is 0.490 bits per heavy atom. The largest absolute Gasteiger partial charge is 0.485 e. The molecular formula is C45H33N3O. The smallest absolute Gasteiger partial charge is 0.169 e. The van der Waals surface area contributed by atoms with E-state index in [2.05, 4.69) is 163 Å². The van der Waals surface area contributed by atoms with E-state index in [1.165, 1.54) is 33.4 Å². The molecule has 1 aliphatic carbocycles. The van der Waals surface area contributed by atoms with Gasteiger partial charge in [-0.3, -0.25) is 0 Å². The predicted molar refractivity (Wildman–Crippen MR) is 200 cm³/mol. The third-order valence-electron chi connectivity index (χ3n) is 9.55. The van der Waals surface area contributed by atoms with Crippen molar-refractivity contribution in [3.63, 3.8) is 0 Å². The highest BCUT2D eigenvalue weighted by Crippen LogP contribution is 2.46. The molecule has 2 aliphatic heterocycles. The Bertz CT molecular complexity index is 2250. The van der Waals surface area contributed by atoms with Crippen LogP contribution in [0.2, 0.25) is 0 Å². The fourth-order valence-electron chi connectivity index (χ4n) is 7.01. The number of nitrogens with one attached hydrogen (secondary N) is 1. The van der Waals surface area contributed by atoms with E-state index in [0.717, 1.165) is 39.7 Å². The Morgan fingerprint density at radius 2 is 1.00 bits per heavy atom. The number of nitrogens with zero attached hydrogens (tertiary/aromatic N) is 2. The monoisotopic (exact) mass is 631 g/mol. The van der Waals surface area contributed by atoms with Crippen LogP contribution >= 0.6 is 0 Å². The molecule has 0 aromatic heterocycles. The second-order valence-electron chi connectivity index (χ2n) is 12.6. The minimum absolute atomic E-state index is 0.0111. The first-order valence-electron chi connectivity index (χ1n) is 16.8. The number of allylic oxidation sites excluding steroid dienone is 2. The Morgan fingerprint density at radius 3 is 1.63 bits per heavy atom. The third-order valence-corrected chi connectivity index (χ3v) is 9.55. The SMILES string of the molecule is C1=CC2Oc3cc(-c4ccccc4)ccc3C2C(C2=NC(c3ccc(-c4ccccc4)cc3)N=C(c3ccc(-c4ccccc4)cc3)N2)=C1. The van der Waals surface area contributed by atoms with Crippen LogP contribution < -0.4 is 10.1 Å². The van der Waals surface area contributed by atoms with Crippen LogP contribution in [0.1, 0.15) is 28.8 Å². The lowest BCUT2D eigenvalue weighted by Gasteiger charge is -2.28. The molecular weight excluding hydrogens is 599 g/mol. The Kier molecular flexibility index (Phi) is 7.32. The Hall–Kier alpha value is -6.26. The number of ether oxygens (including phenoxy) is 1. The molecule has 49 heavy (non-hydrogen) atoms. The number of benzene rings is 6. The van der Waals surface area contributed by atoms with Crippen molar-refractivity contribution in [1.29, 1.82) is 0 Å². The minimum atomic E-state index is -0.405. The van der Waals surface area contributed by atoms with E-state index in [1.54, 1.807) is 0 Å². The average Bonchev–Trinajstić information content (AvgIpc) is 3.57. The lowest BCUT2D eigenvalue weighted by Crippen LogP contribution is -2.39. The minimum Gasteiger partial charge on any atom is -0.485 e. The van der Waals surface area contributed by atoms with Crippen molar-refractivity contribution in [2.75, 3.05) is 0 Å². The lowest BCUT2D eigenvalue weighted by atomic mass is 9.83. The van der Waals surface area contributed by atoms with Gasteiger partial charge in [0.25, 0.3) is 0 Å². The van der Waals surface area contributed by atoms with Gasteiger partial charge >= 0.3 is 0 Å². The highest BCUT2D eigenvalue weighted by molar-refractivity contribution is 6.16. The summed E-state index contributed by atoms with van der Waals surface area (Å²) in [5.41, 5.74) is 11.3. The van der Waals surface area contributed by atoms with E-state index in [4.69, 9.17) is 14.7 Å². The highest BCUT2D eigenvalue weighted by Gasteiger charge is 2.39. The summed E-state index contributed by atoms with van der Waals surface area (Å²) in [4.78, 5) is 10.5. The summed E-state index contributed by atoms with van der Waals surface area (Å²) in [6.07, 6.45) is 5.90. The normalized spacial score (nSPS) is 19.0. The first kappa shape index (κ1) is 28.9. The van der Waals surface area contributed by atoms with E-state index >= 15 is 0 Å². The average molecular weight is 632 g/mol.